The third-order valence-corrected chi connectivity index (χ3v) is 4.55. The maximum absolute atomic E-state index is 10.7. The topological polar surface area (TPSA) is 78.4 Å². The summed E-state index contributed by atoms with van der Waals surface area (Å²) < 4.78 is 11.2. The number of guanidine groups is 1. The van der Waals surface area contributed by atoms with Crippen LogP contribution >= 0.6 is 35.6 Å². The molecule has 0 bridgehead atoms. The molecule has 9 heteroatoms. The van der Waals surface area contributed by atoms with Crippen LogP contribution in [0.25, 0.3) is 0 Å². The first-order chi connectivity index (χ1) is 13.4. The van der Waals surface area contributed by atoms with E-state index in [9.17, 15) is 5.11 Å². The van der Waals surface area contributed by atoms with Crippen molar-refractivity contribution in [3.8, 4) is 5.75 Å². The number of halogens is 2. The number of nitrogens with zero attached hydrogens (tertiary/aromatic N) is 2. The van der Waals surface area contributed by atoms with E-state index in [4.69, 9.17) is 21.1 Å². The molecule has 1 aromatic rings. The standard InChI is InChI=1S/C20H33ClN4O3.HI/c1-4-22-19(23-13-16(2)28-18-7-5-17(21)6-8-18)24-14-20(3,26)15-25-9-11-27-12-10-25;/h5-8,16,26H,4,9-15H2,1-3H3,(H2,22,23,24);1H. The van der Waals surface area contributed by atoms with E-state index in [1.807, 2.05) is 32.9 Å². The molecule has 0 spiro atoms. The zero-order valence-electron chi connectivity index (χ0n) is 17.5. The Bertz CT molecular complexity index is 610. The normalized spacial score (nSPS) is 18.3. The first kappa shape index (κ1) is 26.2. The molecule has 2 unspecified atom stereocenters. The van der Waals surface area contributed by atoms with Gasteiger partial charge in [0.1, 0.15) is 11.9 Å². The van der Waals surface area contributed by atoms with Crippen LogP contribution in [0.4, 0.5) is 0 Å². The molecule has 29 heavy (non-hydrogen) atoms. The summed E-state index contributed by atoms with van der Waals surface area (Å²) in [5.74, 6) is 1.44. The average Bonchev–Trinajstić information content (AvgIpc) is 2.66. The number of morpholine rings is 1. The molecule has 1 fully saturated rings. The lowest BCUT2D eigenvalue weighted by molar-refractivity contribution is -0.0180. The van der Waals surface area contributed by atoms with Gasteiger partial charge in [-0.15, -0.1) is 24.0 Å². The number of hydrogen-bond acceptors (Lipinski definition) is 5. The molecular weight excluding hydrogens is 507 g/mol. The van der Waals surface area contributed by atoms with Crippen molar-refractivity contribution in [3.05, 3.63) is 29.3 Å². The lowest BCUT2D eigenvalue weighted by atomic mass is 10.1. The predicted molar refractivity (Wildman–Crippen MR) is 129 cm³/mol. The van der Waals surface area contributed by atoms with Gasteiger partial charge in [-0.05, 0) is 45.0 Å². The molecule has 1 aliphatic heterocycles. The van der Waals surface area contributed by atoms with Gasteiger partial charge < -0.3 is 25.2 Å². The second-order valence-electron chi connectivity index (χ2n) is 7.34. The second kappa shape index (κ2) is 13.5. The van der Waals surface area contributed by atoms with Crippen molar-refractivity contribution in [1.82, 2.24) is 15.5 Å². The Morgan fingerprint density at radius 2 is 1.97 bits per heavy atom. The van der Waals surface area contributed by atoms with E-state index in [-0.39, 0.29) is 30.1 Å². The number of rotatable bonds is 9. The fraction of sp³-hybridized carbons (Fsp3) is 0.650. The minimum atomic E-state index is -0.898. The first-order valence-corrected chi connectivity index (χ1v) is 10.2. The number of aliphatic imine (C=N–C) groups is 1. The van der Waals surface area contributed by atoms with Crippen molar-refractivity contribution < 1.29 is 14.6 Å². The van der Waals surface area contributed by atoms with Crippen LogP contribution in [-0.2, 0) is 4.74 Å². The van der Waals surface area contributed by atoms with Crippen molar-refractivity contribution in [2.24, 2.45) is 4.99 Å². The van der Waals surface area contributed by atoms with Crippen molar-refractivity contribution in [2.45, 2.75) is 32.5 Å². The molecule has 2 rings (SSSR count). The third-order valence-electron chi connectivity index (χ3n) is 4.30. The highest BCUT2D eigenvalue weighted by Crippen LogP contribution is 2.16. The zero-order chi connectivity index (χ0) is 20.4. The fourth-order valence-electron chi connectivity index (χ4n) is 2.91. The molecule has 0 amide bonds. The van der Waals surface area contributed by atoms with Crippen LogP contribution in [0.3, 0.4) is 0 Å². The molecule has 3 N–H and O–H groups in total. The van der Waals surface area contributed by atoms with Crippen LogP contribution in [0.1, 0.15) is 20.8 Å². The Morgan fingerprint density at radius 1 is 1.31 bits per heavy atom. The highest BCUT2D eigenvalue weighted by molar-refractivity contribution is 14.0. The number of nitrogens with one attached hydrogen (secondary N) is 2. The summed E-state index contributed by atoms with van der Waals surface area (Å²) in [5, 5.41) is 17.9. The van der Waals surface area contributed by atoms with Crippen molar-refractivity contribution in [2.75, 3.05) is 52.5 Å². The van der Waals surface area contributed by atoms with Crippen molar-refractivity contribution in [3.63, 3.8) is 0 Å². The highest BCUT2D eigenvalue weighted by atomic mass is 127. The van der Waals surface area contributed by atoms with E-state index in [0.29, 0.717) is 30.6 Å². The summed E-state index contributed by atoms with van der Waals surface area (Å²) in [6, 6.07) is 7.31. The molecule has 7 nitrogen and oxygen atoms in total. The van der Waals surface area contributed by atoms with Gasteiger partial charge in [0.05, 0.1) is 31.9 Å². The molecule has 1 saturated heterocycles. The summed E-state index contributed by atoms with van der Waals surface area (Å²) in [4.78, 5) is 6.76. The maximum atomic E-state index is 10.7. The van der Waals surface area contributed by atoms with Gasteiger partial charge in [0.25, 0.3) is 0 Å². The molecule has 1 aliphatic rings. The van der Waals surface area contributed by atoms with Gasteiger partial charge >= 0.3 is 0 Å². The van der Waals surface area contributed by atoms with E-state index in [1.165, 1.54) is 0 Å². The van der Waals surface area contributed by atoms with Crippen LogP contribution in [0, 0.1) is 0 Å². The van der Waals surface area contributed by atoms with Gasteiger partial charge in [-0.2, -0.15) is 0 Å². The SMILES string of the molecule is CCNC(=NCC(C)(O)CN1CCOCC1)NCC(C)Oc1ccc(Cl)cc1.I. The van der Waals surface area contributed by atoms with E-state index >= 15 is 0 Å². The summed E-state index contributed by atoms with van der Waals surface area (Å²) in [7, 11) is 0. The van der Waals surface area contributed by atoms with Gasteiger partial charge in [0.15, 0.2) is 5.96 Å². The largest absolute Gasteiger partial charge is 0.489 e. The smallest absolute Gasteiger partial charge is 0.191 e. The monoisotopic (exact) mass is 540 g/mol. The average molecular weight is 541 g/mol. The number of aliphatic hydroxyl groups is 1. The quantitative estimate of drug-likeness (QED) is 0.254. The lowest BCUT2D eigenvalue weighted by Gasteiger charge is -2.33. The third kappa shape index (κ3) is 10.7. The van der Waals surface area contributed by atoms with E-state index in [2.05, 4.69) is 20.5 Å². The molecule has 0 aliphatic carbocycles. The Balaban J connectivity index is 0.00000420. The van der Waals surface area contributed by atoms with Crippen LogP contribution < -0.4 is 15.4 Å². The number of benzene rings is 1. The van der Waals surface area contributed by atoms with E-state index in [1.54, 1.807) is 12.1 Å². The van der Waals surface area contributed by atoms with Gasteiger partial charge in [-0.3, -0.25) is 9.89 Å². The zero-order valence-corrected chi connectivity index (χ0v) is 20.6. The Labute approximate surface area is 196 Å². The van der Waals surface area contributed by atoms with E-state index in [0.717, 1.165) is 38.6 Å². The fourth-order valence-corrected chi connectivity index (χ4v) is 3.04. The van der Waals surface area contributed by atoms with E-state index < -0.39 is 5.60 Å². The number of ether oxygens (including phenoxy) is 2. The van der Waals surface area contributed by atoms with Gasteiger partial charge in [-0.1, -0.05) is 11.6 Å². The Kier molecular flexibility index (Phi) is 12.2. The summed E-state index contributed by atoms with van der Waals surface area (Å²) in [5.41, 5.74) is -0.898. The minimum absolute atomic E-state index is 0. The second-order valence-corrected chi connectivity index (χ2v) is 7.78. The van der Waals surface area contributed by atoms with Gasteiger partial charge in [0.2, 0.25) is 0 Å². The first-order valence-electron chi connectivity index (χ1n) is 9.85. The Hall–Kier alpha value is -0.810. The predicted octanol–water partition coefficient (Wildman–Crippen LogP) is 2.36. The van der Waals surface area contributed by atoms with Crippen molar-refractivity contribution in [1.29, 1.82) is 0 Å². The van der Waals surface area contributed by atoms with Crippen LogP contribution in [-0.4, -0.2) is 80.2 Å². The summed E-state index contributed by atoms with van der Waals surface area (Å²) in [6.45, 7) is 11.2. The molecule has 0 radical (unpaired) electrons. The number of hydrogen-bond donors (Lipinski definition) is 3. The number of β-amino-alcohol motifs (C(OH)–C–C–N with tert-alkyl or cyclic N) is 1. The van der Waals surface area contributed by atoms with Gasteiger partial charge in [0, 0.05) is 31.2 Å². The molecule has 1 aromatic carbocycles. The molecular formula is C20H34ClIN4O3. The lowest BCUT2D eigenvalue weighted by Crippen LogP contribution is -2.48. The highest BCUT2D eigenvalue weighted by Gasteiger charge is 2.25. The maximum Gasteiger partial charge on any atom is 0.191 e. The molecule has 1 heterocycles. The van der Waals surface area contributed by atoms with Crippen LogP contribution in [0.2, 0.25) is 5.02 Å². The summed E-state index contributed by atoms with van der Waals surface area (Å²) in [6.07, 6.45) is -0.0566. The summed E-state index contributed by atoms with van der Waals surface area (Å²) >= 11 is 5.90. The Morgan fingerprint density at radius 3 is 2.59 bits per heavy atom. The van der Waals surface area contributed by atoms with Crippen molar-refractivity contribution >= 4 is 41.5 Å². The van der Waals surface area contributed by atoms with Crippen LogP contribution in [0.15, 0.2) is 29.3 Å². The molecule has 0 aromatic heterocycles. The molecule has 166 valence electrons. The van der Waals surface area contributed by atoms with Gasteiger partial charge in [-0.25, -0.2) is 0 Å². The minimum Gasteiger partial charge on any atom is -0.489 e. The molecule has 2 atom stereocenters. The van der Waals surface area contributed by atoms with Crippen LogP contribution in [0.5, 0.6) is 5.75 Å². The molecule has 0 saturated carbocycles.